The number of rotatable bonds is 5. The van der Waals surface area contributed by atoms with Crippen molar-refractivity contribution in [1.29, 1.82) is 0 Å². The van der Waals surface area contributed by atoms with Crippen LogP contribution < -0.4 is 4.74 Å². The molecule has 0 bridgehead atoms. The van der Waals surface area contributed by atoms with Crippen LogP contribution in [0.1, 0.15) is 17.5 Å². The molecule has 2 unspecified atom stereocenters. The highest BCUT2D eigenvalue weighted by molar-refractivity contribution is 7.89. The number of alkyl halides is 1. The van der Waals surface area contributed by atoms with Gasteiger partial charge in [-0.3, -0.25) is 0 Å². The van der Waals surface area contributed by atoms with Crippen LogP contribution in [0.4, 0.5) is 4.39 Å². The van der Waals surface area contributed by atoms with Crippen molar-refractivity contribution in [1.82, 2.24) is 4.31 Å². The molecule has 1 fully saturated rings. The van der Waals surface area contributed by atoms with Gasteiger partial charge in [0.2, 0.25) is 16.2 Å². The zero-order valence-corrected chi connectivity index (χ0v) is 14.1. The lowest BCUT2D eigenvalue weighted by atomic mass is 10.0. The van der Waals surface area contributed by atoms with Gasteiger partial charge in [-0.05, 0) is 43.5 Å². The molecule has 1 aromatic carbocycles. The van der Waals surface area contributed by atoms with Crippen molar-refractivity contribution in [2.45, 2.75) is 31.3 Å². The first-order valence-corrected chi connectivity index (χ1v) is 8.64. The van der Waals surface area contributed by atoms with Crippen molar-refractivity contribution < 1.29 is 27.4 Å². The molecular weight excluding hydrogens is 325 g/mol. The Morgan fingerprint density at radius 1 is 1.39 bits per heavy atom. The van der Waals surface area contributed by atoms with Crippen molar-refractivity contribution in [3.05, 3.63) is 23.3 Å². The minimum Gasteiger partial charge on any atom is -0.496 e. The third-order valence-electron chi connectivity index (χ3n) is 4.15. The molecule has 1 heterocycles. The predicted molar refractivity (Wildman–Crippen MR) is 81.9 cm³/mol. The second-order valence-corrected chi connectivity index (χ2v) is 7.65. The Kier molecular flexibility index (Phi) is 4.95. The molecule has 1 aliphatic heterocycles. The maximum atomic E-state index is 13.6. The van der Waals surface area contributed by atoms with E-state index in [9.17, 15) is 17.6 Å². The molecule has 2 rings (SSSR count). The number of sulfonamides is 1. The number of aliphatic carboxylic acids is 1. The molecule has 1 N–H and O–H groups in total. The first-order valence-electron chi connectivity index (χ1n) is 7.20. The molecule has 6 nitrogen and oxygen atoms in total. The molecule has 128 valence electrons. The minimum atomic E-state index is -3.79. The quantitative estimate of drug-likeness (QED) is 0.879. The standard InChI is InChI=1S/C15H20FNO5S/c1-9-7-13(10(2)6-12(9)22-3)23(20,21)17-5-4-11(8-17)14(16)15(18)19/h6-7,11,14H,4-5,8H2,1-3H3,(H,18,19). The van der Waals surface area contributed by atoms with Crippen LogP contribution in [0.3, 0.4) is 0 Å². The highest BCUT2D eigenvalue weighted by atomic mass is 32.2. The number of carboxylic acid groups (broad SMARTS) is 1. The van der Waals surface area contributed by atoms with E-state index in [2.05, 4.69) is 0 Å². The normalized spacial score (nSPS) is 20.4. The lowest BCUT2D eigenvalue weighted by Crippen LogP contribution is -2.32. The van der Waals surface area contributed by atoms with Crippen LogP contribution in [-0.2, 0) is 14.8 Å². The average Bonchev–Trinajstić information content (AvgIpc) is 2.98. The number of hydrogen-bond acceptors (Lipinski definition) is 4. The summed E-state index contributed by atoms with van der Waals surface area (Å²) >= 11 is 0. The summed E-state index contributed by atoms with van der Waals surface area (Å²) in [5.41, 5.74) is 1.22. The fourth-order valence-electron chi connectivity index (χ4n) is 2.81. The zero-order chi connectivity index (χ0) is 17.4. The average molecular weight is 345 g/mol. The van der Waals surface area contributed by atoms with E-state index in [1.807, 2.05) is 0 Å². The van der Waals surface area contributed by atoms with E-state index in [0.29, 0.717) is 16.9 Å². The Labute approximate surface area is 134 Å². The number of ether oxygens (including phenoxy) is 1. The van der Waals surface area contributed by atoms with Gasteiger partial charge in [0.05, 0.1) is 12.0 Å². The largest absolute Gasteiger partial charge is 0.496 e. The van der Waals surface area contributed by atoms with Crippen molar-refractivity contribution in [2.24, 2.45) is 5.92 Å². The molecule has 23 heavy (non-hydrogen) atoms. The molecule has 0 spiro atoms. The van der Waals surface area contributed by atoms with E-state index in [1.165, 1.54) is 13.2 Å². The molecule has 0 amide bonds. The Balaban J connectivity index is 2.30. The first-order chi connectivity index (χ1) is 10.7. The molecule has 0 saturated carbocycles. The number of carbonyl (C=O) groups is 1. The maximum Gasteiger partial charge on any atom is 0.338 e. The smallest absolute Gasteiger partial charge is 0.338 e. The van der Waals surface area contributed by atoms with Crippen LogP contribution in [-0.4, -0.2) is 50.2 Å². The van der Waals surface area contributed by atoms with Gasteiger partial charge in [-0.15, -0.1) is 0 Å². The molecule has 1 aromatic rings. The fourth-order valence-corrected chi connectivity index (χ4v) is 4.62. The minimum absolute atomic E-state index is 0.116. The Morgan fingerprint density at radius 2 is 2.04 bits per heavy atom. The summed E-state index contributed by atoms with van der Waals surface area (Å²) in [5, 5.41) is 8.73. The first kappa shape index (κ1) is 17.7. The lowest BCUT2D eigenvalue weighted by molar-refractivity contribution is -0.144. The lowest BCUT2D eigenvalue weighted by Gasteiger charge is -2.19. The van der Waals surface area contributed by atoms with Gasteiger partial charge in [0, 0.05) is 19.0 Å². The number of hydrogen-bond donors (Lipinski definition) is 1. The van der Waals surface area contributed by atoms with E-state index in [4.69, 9.17) is 9.84 Å². The van der Waals surface area contributed by atoms with Crippen LogP contribution in [0.5, 0.6) is 5.75 Å². The molecule has 2 atom stereocenters. The van der Waals surface area contributed by atoms with Crippen LogP contribution in [0.15, 0.2) is 17.0 Å². The van der Waals surface area contributed by atoms with Gasteiger partial charge in [-0.1, -0.05) is 0 Å². The van der Waals surface area contributed by atoms with Crippen LogP contribution >= 0.6 is 0 Å². The van der Waals surface area contributed by atoms with E-state index in [-0.39, 0.29) is 24.4 Å². The number of halogens is 1. The summed E-state index contributed by atoms with van der Waals surface area (Å²) in [7, 11) is -2.28. The third-order valence-corrected chi connectivity index (χ3v) is 6.15. The van der Waals surface area contributed by atoms with Gasteiger partial charge in [0.15, 0.2) is 0 Å². The second-order valence-electron chi connectivity index (χ2n) is 5.74. The number of nitrogens with zero attached hydrogens (tertiary/aromatic N) is 1. The Bertz CT molecular complexity index is 719. The molecule has 0 aliphatic carbocycles. The van der Waals surface area contributed by atoms with Crippen molar-refractivity contribution in [3.8, 4) is 5.75 Å². The summed E-state index contributed by atoms with van der Waals surface area (Å²) in [6, 6.07) is 3.17. The Hall–Kier alpha value is -1.67. The van der Waals surface area contributed by atoms with Crippen LogP contribution in [0, 0.1) is 19.8 Å². The third kappa shape index (κ3) is 3.32. The van der Waals surface area contributed by atoms with E-state index < -0.39 is 28.1 Å². The monoisotopic (exact) mass is 345 g/mol. The van der Waals surface area contributed by atoms with Crippen molar-refractivity contribution in [3.63, 3.8) is 0 Å². The summed E-state index contributed by atoms with van der Waals surface area (Å²) in [4.78, 5) is 10.9. The zero-order valence-electron chi connectivity index (χ0n) is 13.2. The van der Waals surface area contributed by atoms with Crippen LogP contribution in [0.2, 0.25) is 0 Å². The summed E-state index contributed by atoms with van der Waals surface area (Å²) in [6.45, 7) is 3.40. The predicted octanol–water partition coefficient (Wildman–Crippen LogP) is 1.75. The topological polar surface area (TPSA) is 83.9 Å². The molecular formula is C15H20FNO5S. The molecule has 0 aromatic heterocycles. The molecule has 1 aliphatic rings. The van der Waals surface area contributed by atoms with Gasteiger partial charge >= 0.3 is 5.97 Å². The summed E-state index contributed by atoms with van der Waals surface area (Å²) in [5.74, 6) is -1.77. The molecule has 1 saturated heterocycles. The number of carboxylic acids is 1. The number of methoxy groups -OCH3 is 1. The van der Waals surface area contributed by atoms with E-state index in [0.717, 1.165) is 4.31 Å². The second kappa shape index (κ2) is 6.45. The van der Waals surface area contributed by atoms with E-state index >= 15 is 0 Å². The van der Waals surface area contributed by atoms with Crippen LogP contribution in [0.25, 0.3) is 0 Å². The maximum absolute atomic E-state index is 13.6. The van der Waals surface area contributed by atoms with Gasteiger partial charge < -0.3 is 9.84 Å². The summed E-state index contributed by atoms with van der Waals surface area (Å²) in [6.07, 6.45) is -1.85. The SMILES string of the molecule is COc1cc(C)c(S(=O)(=O)N2CCC(C(F)C(=O)O)C2)cc1C. The molecule has 0 radical (unpaired) electrons. The van der Waals surface area contributed by atoms with Crippen molar-refractivity contribution >= 4 is 16.0 Å². The van der Waals surface area contributed by atoms with Gasteiger partial charge in [0.25, 0.3) is 0 Å². The van der Waals surface area contributed by atoms with Gasteiger partial charge in [-0.25, -0.2) is 17.6 Å². The fraction of sp³-hybridized carbons (Fsp3) is 0.533. The number of aryl methyl sites for hydroxylation is 2. The number of benzene rings is 1. The molecule has 8 heteroatoms. The highest BCUT2D eigenvalue weighted by Gasteiger charge is 2.39. The highest BCUT2D eigenvalue weighted by Crippen LogP contribution is 2.31. The van der Waals surface area contributed by atoms with E-state index in [1.54, 1.807) is 19.9 Å². The van der Waals surface area contributed by atoms with Gasteiger partial charge in [0.1, 0.15) is 5.75 Å². The summed E-state index contributed by atoms with van der Waals surface area (Å²) < 4.78 is 45.4. The van der Waals surface area contributed by atoms with Gasteiger partial charge in [-0.2, -0.15) is 4.31 Å². The van der Waals surface area contributed by atoms with Crippen molar-refractivity contribution in [2.75, 3.05) is 20.2 Å². The Morgan fingerprint density at radius 3 is 2.61 bits per heavy atom.